The number of carbonyl (C=O) groups is 2. The second kappa shape index (κ2) is 7.32. The molecule has 4 rings (SSSR count). The number of carbonyl (C=O) groups excluding carboxylic acids is 2. The Kier molecular flexibility index (Phi) is 4.88. The Labute approximate surface area is 163 Å². The Morgan fingerprint density at radius 1 is 1.22 bits per heavy atom. The van der Waals surface area contributed by atoms with Gasteiger partial charge in [0, 0.05) is 44.4 Å². The first-order chi connectivity index (χ1) is 13.1. The van der Waals surface area contributed by atoms with Crippen molar-refractivity contribution < 1.29 is 9.59 Å². The van der Waals surface area contributed by atoms with Gasteiger partial charge in [0.05, 0.1) is 21.3 Å². The van der Waals surface area contributed by atoms with E-state index in [0.29, 0.717) is 18.4 Å². The molecule has 6 heteroatoms. The summed E-state index contributed by atoms with van der Waals surface area (Å²) in [5.74, 6) is 2.87. The van der Waals surface area contributed by atoms with E-state index in [9.17, 15) is 9.59 Å². The molecule has 2 aliphatic heterocycles. The number of likely N-dealkylation sites (tertiary alicyclic amines) is 2. The van der Waals surface area contributed by atoms with Crippen LogP contribution < -0.4 is 0 Å². The third-order valence-electron chi connectivity index (χ3n) is 5.82. The van der Waals surface area contributed by atoms with Crippen molar-refractivity contribution in [3.8, 4) is 12.3 Å². The number of terminal acetylenes is 1. The fourth-order valence-electron chi connectivity index (χ4n) is 4.17. The van der Waals surface area contributed by atoms with Crippen LogP contribution in [0.1, 0.15) is 42.5 Å². The van der Waals surface area contributed by atoms with Crippen LogP contribution in [0.15, 0.2) is 23.7 Å². The molecule has 27 heavy (non-hydrogen) atoms. The number of benzene rings is 1. The number of hydrogen-bond acceptors (Lipinski definition) is 4. The molecule has 1 aromatic heterocycles. The molecule has 0 aliphatic carbocycles. The minimum absolute atomic E-state index is 0.0721. The molecule has 3 heterocycles. The number of para-hydroxylation sites is 1. The highest BCUT2D eigenvalue weighted by Crippen LogP contribution is 2.41. The summed E-state index contributed by atoms with van der Waals surface area (Å²) in [6.07, 6.45) is 9.13. The molecule has 1 spiro atoms. The molecule has 2 aromatic rings. The molecule has 2 saturated heterocycles. The average Bonchev–Trinajstić information content (AvgIpc) is 3.14. The Bertz CT molecular complexity index is 898. The standard InChI is InChI=1S/C21H23N3O2S/c1-2-3-4-8-18(25)24-13-21(14-24)9-11-23(12-10-21)20(26)16-6-5-7-17-19(16)22-15-27-17/h1,5-7,15H,3-4,8-14H2. The second-order valence-electron chi connectivity index (χ2n) is 7.60. The smallest absolute Gasteiger partial charge is 0.256 e. The van der Waals surface area contributed by atoms with Crippen molar-refractivity contribution in [1.82, 2.24) is 14.8 Å². The summed E-state index contributed by atoms with van der Waals surface area (Å²) in [7, 11) is 0. The number of piperidine rings is 1. The quantitative estimate of drug-likeness (QED) is 0.604. The summed E-state index contributed by atoms with van der Waals surface area (Å²) >= 11 is 1.56. The molecule has 0 unspecified atom stereocenters. The van der Waals surface area contributed by atoms with Crippen LogP contribution in [0.5, 0.6) is 0 Å². The van der Waals surface area contributed by atoms with E-state index in [1.54, 1.807) is 16.8 Å². The minimum atomic E-state index is 0.0721. The fraction of sp³-hybridized carbons (Fsp3) is 0.476. The zero-order valence-electron chi connectivity index (χ0n) is 15.3. The average molecular weight is 382 g/mol. The van der Waals surface area contributed by atoms with E-state index in [2.05, 4.69) is 10.9 Å². The summed E-state index contributed by atoms with van der Waals surface area (Å²) in [5, 5.41) is 0. The highest BCUT2D eigenvalue weighted by atomic mass is 32.1. The lowest BCUT2D eigenvalue weighted by atomic mass is 9.71. The predicted molar refractivity (Wildman–Crippen MR) is 106 cm³/mol. The number of unbranched alkanes of at least 4 members (excludes halogenated alkanes) is 1. The van der Waals surface area contributed by atoms with Gasteiger partial charge in [-0.15, -0.1) is 23.7 Å². The van der Waals surface area contributed by atoms with Crippen molar-refractivity contribution in [3.63, 3.8) is 0 Å². The van der Waals surface area contributed by atoms with Crippen molar-refractivity contribution in [2.24, 2.45) is 5.41 Å². The van der Waals surface area contributed by atoms with Gasteiger partial charge in [-0.2, -0.15) is 0 Å². The molecule has 2 amide bonds. The van der Waals surface area contributed by atoms with Gasteiger partial charge in [-0.3, -0.25) is 9.59 Å². The van der Waals surface area contributed by atoms with Crippen molar-refractivity contribution in [2.75, 3.05) is 26.2 Å². The van der Waals surface area contributed by atoms with Crippen LogP contribution in [0, 0.1) is 17.8 Å². The number of aromatic nitrogens is 1. The third kappa shape index (κ3) is 3.44. The highest BCUT2D eigenvalue weighted by molar-refractivity contribution is 7.16. The Hall–Kier alpha value is -2.39. The first-order valence-electron chi connectivity index (χ1n) is 9.45. The zero-order chi connectivity index (χ0) is 18.9. The van der Waals surface area contributed by atoms with Crippen LogP contribution in [-0.4, -0.2) is 52.8 Å². The van der Waals surface area contributed by atoms with Crippen LogP contribution in [-0.2, 0) is 4.79 Å². The molecule has 140 valence electrons. The molecule has 0 bridgehead atoms. The lowest BCUT2D eigenvalue weighted by Gasteiger charge is -2.54. The lowest BCUT2D eigenvalue weighted by molar-refractivity contribution is -0.146. The number of amides is 2. The topological polar surface area (TPSA) is 53.5 Å². The van der Waals surface area contributed by atoms with Gasteiger partial charge in [-0.1, -0.05) is 6.07 Å². The van der Waals surface area contributed by atoms with Gasteiger partial charge in [0.15, 0.2) is 0 Å². The molecule has 2 aliphatic rings. The van der Waals surface area contributed by atoms with Gasteiger partial charge in [0.25, 0.3) is 5.91 Å². The van der Waals surface area contributed by atoms with Crippen LogP contribution in [0.4, 0.5) is 0 Å². The van der Waals surface area contributed by atoms with E-state index < -0.39 is 0 Å². The number of nitrogens with zero attached hydrogens (tertiary/aromatic N) is 3. The van der Waals surface area contributed by atoms with Gasteiger partial charge < -0.3 is 9.80 Å². The maximum Gasteiger partial charge on any atom is 0.256 e. The van der Waals surface area contributed by atoms with E-state index in [4.69, 9.17) is 6.42 Å². The summed E-state index contributed by atoms with van der Waals surface area (Å²) in [6, 6.07) is 5.79. The summed E-state index contributed by atoms with van der Waals surface area (Å²) in [6.45, 7) is 3.15. The van der Waals surface area contributed by atoms with E-state index in [-0.39, 0.29) is 17.2 Å². The molecule has 0 radical (unpaired) electrons. The number of fused-ring (bicyclic) bond motifs is 1. The maximum atomic E-state index is 13.0. The molecule has 0 N–H and O–H groups in total. The molecule has 1 aromatic carbocycles. The summed E-state index contributed by atoms with van der Waals surface area (Å²) in [4.78, 5) is 33.4. The zero-order valence-corrected chi connectivity index (χ0v) is 16.1. The van der Waals surface area contributed by atoms with Gasteiger partial charge in [-0.05, 0) is 31.4 Å². The highest BCUT2D eigenvalue weighted by Gasteiger charge is 2.47. The summed E-state index contributed by atoms with van der Waals surface area (Å²) in [5.41, 5.74) is 3.49. The van der Waals surface area contributed by atoms with Crippen LogP contribution >= 0.6 is 11.3 Å². The largest absolute Gasteiger partial charge is 0.341 e. The summed E-state index contributed by atoms with van der Waals surface area (Å²) < 4.78 is 1.05. The minimum Gasteiger partial charge on any atom is -0.341 e. The van der Waals surface area contributed by atoms with Crippen molar-refractivity contribution in [2.45, 2.75) is 32.1 Å². The number of hydrogen-bond donors (Lipinski definition) is 0. The van der Waals surface area contributed by atoms with Crippen LogP contribution in [0.2, 0.25) is 0 Å². The Balaban J connectivity index is 1.32. The van der Waals surface area contributed by atoms with Gasteiger partial charge in [0.2, 0.25) is 5.91 Å². The van der Waals surface area contributed by atoms with E-state index in [1.165, 1.54) is 0 Å². The van der Waals surface area contributed by atoms with E-state index in [1.807, 2.05) is 28.0 Å². The maximum absolute atomic E-state index is 13.0. The van der Waals surface area contributed by atoms with Crippen molar-refractivity contribution in [3.05, 3.63) is 29.3 Å². The molecular weight excluding hydrogens is 358 g/mol. The van der Waals surface area contributed by atoms with Gasteiger partial charge in [0.1, 0.15) is 0 Å². The predicted octanol–water partition coefficient (Wildman–Crippen LogP) is 3.16. The molecular formula is C21H23N3O2S. The van der Waals surface area contributed by atoms with E-state index in [0.717, 1.165) is 55.7 Å². The Morgan fingerprint density at radius 2 is 2.00 bits per heavy atom. The number of thiazole rings is 1. The molecule has 2 fully saturated rings. The Morgan fingerprint density at radius 3 is 2.74 bits per heavy atom. The molecule has 5 nitrogen and oxygen atoms in total. The van der Waals surface area contributed by atoms with Crippen LogP contribution in [0.3, 0.4) is 0 Å². The van der Waals surface area contributed by atoms with Gasteiger partial charge in [-0.25, -0.2) is 4.98 Å². The van der Waals surface area contributed by atoms with Gasteiger partial charge >= 0.3 is 0 Å². The normalized spacial score (nSPS) is 18.3. The first kappa shape index (κ1) is 18.0. The van der Waals surface area contributed by atoms with Crippen molar-refractivity contribution >= 4 is 33.4 Å². The van der Waals surface area contributed by atoms with E-state index >= 15 is 0 Å². The first-order valence-corrected chi connectivity index (χ1v) is 10.3. The van der Waals surface area contributed by atoms with Crippen LogP contribution in [0.25, 0.3) is 10.2 Å². The van der Waals surface area contributed by atoms with Crippen molar-refractivity contribution in [1.29, 1.82) is 0 Å². The molecule has 0 saturated carbocycles. The molecule has 0 atom stereocenters. The fourth-order valence-corrected chi connectivity index (χ4v) is 4.87. The lowest BCUT2D eigenvalue weighted by Crippen LogP contribution is -2.62. The third-order valence-corrected chi connectivity index (χ3v) is 6.61. The monoisotopic (exact) mass is 381 g/mol. The SMILES string of the molecule is C#CCCCC(=O)N1CC2(CCN(C(=O)c3cccc4scnc34)CC2)C1. The number of rotatable bonds is 4. The second-order valence-corrected chi connectivity index (χ2v) is 8.49.